The molecule has 1 fully saturated rings. The number of benzene rings is 2. The standard InChI is InChI=1S/C39H56N4O6S/c1-9-33(44)31-21-16-22-43(31)35(46)32(24-28-17-12-10-13-18-28)42(8)34(45)30(23-27(2)3)40-36(47)39(7,41-37(48)49-38(4,5)6)26-50-25-29-19-14-11-15-20-29/h10-15,17-20,27,30-32H,9,16,21-26H2,1-8H3,(H,40,47)(H,41,48)/t30-,31+,32+,39-/m1/s1. The average Bonchev–Trinajstić information content (AvgIpc) is 3.55. The van der Waals surface area contributed by atoms with E-state index in [9.17, 15) is 24.0 Å². The van der Waals surface area contributed by atoms with Crippen molar-refractivity contribution >= 4 is 41.4 Å². The van der Waals surface area contributed by atoms with Crippen molar-refractivity contribution < 1.29 is 28.7 Å². The van der Waals surface area contributed by atoms with Gasteiger partial charge in [-0.25, -0.2) is 4.79 Å². The largest absolute Gasteiger partial charge is 0.444 e. The van der Waals surface area contributed by atoms with E-state index in [0.29, 0.717) is 31.6 Å². The van der Waals surface area contributed by atoms with Crippen LogP contribution in [0.3, 0.4) is 0 Å². The predicted molar refractivity (Wildman–Crippen MR) is 199 cm³/mol. The average molecular weight is 709 g/mol. The minimum atomic E-state index is -1.43. The van der Waals surface area contributed by atoms with Gasteiger partial charge >= 0.3 is 6.09 Å². The molecule has 2 aromatic carbocycles. The van der Waals surface area contributed by atoms with Crippen LogP contribution in [0.25, 0.3) is 0 Å². The first kappa shape index (κ1) is 40.6. The Kier molecular flexibility index (Phi) is 14.9. The quantitative estimate of drug-likeness (QED) is 0.227. The maximum atomic E-state index is 14.4. The van der Waals surface area contributed by atoms with Gasteiger partial charge in [0.1, 0.15) is 23.2 Å². The van der Waals surface area contributed by atoms with Gasteiger partial charge < -0.3 is 25.2 Å². The normalized spacial score (nSPS) is 17.0. The van der Waals surface area contributed by atoms with E-state index in [1.165, 1.54) is 16.7 Å². The van der Waals surface area contributed by atoms with E-state index in [1.807, 2.05) is 74.5 Å². The van der Waals surface area contributed by atoms with Crippen LogP contribution in [0.15, 0.2) is 60.7 Å². The van der Waals surface area contributed by atoms with Crippen molar-refractivity contribution in [3.8, 4) is 0 Å². The minimum absolute atomic E-state index is 0.00939. The molecule has 1 aliphatic rings. The highest BCUT2D eigenvalue weighted by molar-refractivity contribution is 7.98. The van der Waals surface area contributed by atoms with Crippen LogP contribution in [-0.2, 0) is 36.1 Å². The number of ketones is 1. The van der Waals surface area contributed by atoms with E-state index in [4.69, 9.17) is 4.74 Å². The van der Waals surface area contributed by atoms with Gasteiger partial charge in [-0.3, -0.25) is 19.2 Å². The summed E-state index contributed by atoms with van der Waals surface area (Å²) in [6.45, 7) is 13.0. The van der Waals surface area contributed by atoms with E-state index in [1.54, 1.807) is 46.6 Å². The summed E-state index contributed by atoms with van der Waals surface area (Å²) >= 11 is 1.48. The van der Waals surface area contributed by atoms with Gasteiger partial charge in [0.25, 0.3) is 0 Å². The maximum absolute atomic E-state index is 14.4. The molecule has 4 atom stereocenters. The number of hydrogen-bond donors (Lipinski definition) is 2. The van der Waals surface area contributed by atoms with Crippen LogP contribution in [0, 0.1) is 5.92 Å². The number of thioether (sulfide) groups is 1. The molecule has 1 saturated heterocycles. The van der Waals surface area contributed by atoms with Gasteiger partial charge in [0.05, 0.1) is 6.04 Å². The van der Waals surface area contributed by atoms with Gasteiger partial charge in [0.15, 0.2) is 5.78 Å². The number of ether oxygens (including phenoxy) is 1. The molecule has 4 amide bonds. The Bertz CT molecular complexity index is 1450. The summed E-state index contributed by atoms with van der Waals surface area (Å²) in [6, 6.07) is 16.9. The minimum Gasteiger partial charge on any atom is -0.444 e. The molecule has 11 heteroatoms. The fourth-order valence-corrected chi connectivity index (χ4v) is 7.21. The second-order valence-electron chi connectivity index (χ2n) is 14.8. The van der Waals surface area contributed by atoms with E-state index in [0.717, 1.165) is 17.5 Å². The third-order valence-electron chi connectivity index (χ3n) is 8.72. The first-order valence-corrected chi connectivity index (χ1v) is 18.8. The number of likely N-dealkylation sites (N-methyl/N-ethyl adjacent to an activating group) is 1. The number of carbonyl (C=O) groups excluding carboxylic acids is 5. The molecule has 1 aliphatic heterocycles. The van der Waals surface area contributed by atoms with Crippen molar-refractivity contribution in [3.63, 3.8) is 0 Å². The molecule has 10 nitrogen and oxygen atoms in total. The number of hydrogen-bond acceptors (Lipinski definition) is 7. The highest BCUT2D eigenvalue weighted by Gasteiger charge is 2.42. The highest BCUT2D eigenvalue weighted by Crippen LogP contribution is 2.25. The Morgan fingerprint density at radius 1 is 0.960 bits per heavy atom. The summed E-state index contributed by atoms with van der Waals surface area (Å²) < 4.78 is 5.52. The van der Waals surface area contributed by atoms with Crippen molar-refractivity contribution in [3.05, 3.63) is 71.8 Å². The monoisotopic (exact) mass is 708 g/mol. The third-order valence-corrected chi connectivity index (χ3v) is 10.0. The van der Waals surface area contributed by atoms with E-state index in [-0.39, 0.29) is 29.8 Å². The zero-order valence-electron chi connectivity index (χ0n) is 31.0. The van der Waals surface area contributed by atoms with Gasteiger partial charge in [0, 0.05) is 37.9 Å². The second kappa shape index (κ2) is 18.4. The Morgan fingerprint density at radius 2 is 1.56 bits per heavy atom. The molecule has 2 N–H and O–H groups in total. The molecule has 3 rings (SSSR count). The lowest BCUT2D eigenvalue weighted by Crippen LogP contribution is -2.63. The Morgan fingerprint density at radius 3 is 2.12 bits per heavy atom. The molecule has 0 aromatic heterocycles. The number of nitrogens with zero attached hydrogens (tertiary/aromatic N) is 2. The first-order valence-electron chi connectivity index (χ1n) is 17.6. The fraction of sp³-hybridized carbons (Fsp3) is 0.564. The molecule has 0 bridgehead atoms. The molecule has 2 aromatic rings. The van der Waals surface area contributed by atoms with Crippen molar-refractivity contribution in [2.45, 2.75) is 116 Å². The highest BCUT2D eigenvalue weighted by atomic mass is 32.2. The lowest BCUT2D eigenvalue weighted by atomic mass is 9.97. The third kappa shape index (κ3) is 11.9. The zero-order valence-corrected chi connectivity index (χ0v) is 31.8. The van der Waals surface area contributed by atoms with Crippen LogP contribution in [0.5, 0.6) is 0 Å². The van der Waals surface area contributed by atoms with Gasteiger partial charge in [-0.2, -0.15) is 11.8 Å². The van der Waals surface area contributed by atoms with Gasteiger partial charge in [0.2, 0.25) is 17.7 Å². The SMILES string of the molecule is CCC(=O)[C@@H]1CCCN1C(=O)[C@H](Cc1ccccc1)N(C)C(=O)[C@@H](CC(C)C)NC(=O)[C@@](C)(CSCc1ccccc1)NC(=O)OC(C)(C)C. The van der Waals surface area contributed by atoms with Crippen LogP contribution in [0.4, 0.5) is 4.79 Å². The summed E-state index contributed by atoms with van der Waals surface area (Å²) in [5, 5.41) is 5.74. The van der Waals surface area contributed by atoms with Crippen molar-refractivity contribution in [2.75, 3.05) is 19.3 Å². The summed E-state index contributed by atoms with van der Waals surface area (Å²) in [5.74, 6) is -0.387. The molecule has 274 valence electrons. The second-order valence-corrected chi connectivity index (χ2v) is 15.7. The molecule has 0 unspecified atom stereocenters. The van der Waals surface area contributed by atoms with Crippen LogP contribution in [0.1, 0.15) is 85.3 Å². The van der Waals surface area contributed by atoms with E-state index < -0.39 is 47.2 Å². The smallest absolute Gasteiger partial charge is 0.408 e. The molecular formula is C39H56N4O6S. The Balaban J connectivity index is 1.90. The van der Waals surface area contributed by atoms with E-state index >= 15 is 0 Å². The van der Waals surface area contributed by atoms with Crippen molar-refractivity contribution in [1.82, 2.24) is 20.4 Å². The Hall–Kier alpha value is -3.86. The molecule has 0 saturated carbocycles. The van der Waals surface area contributed by atoms with E-state index in [2.05, 4.69) is 10.6 Å². The number of carbonyl (C=O) groups is 5. The number of Topliss-reactive ketones (excluding diaryl/α,β-unsaturated/α-hetero) is 1. The van der Waals surface area contributed by atoms with Gasteiger partial charge in [-0.15, -0.1) is 0 Å². The number of likely N-dealkylation sites (tertiary alicyclic amines) is 1. The summed E-state index contributed by atoms with van der Waals surface area (Å²) in [5.41, 5.74) is -0.272. The number of amides is 4. The molecule has 50 heavy (non-hydrogen) atoms. The van der Waals surface area contributed by atoms with Gasteiger partial charge in [-0.1, -0.05) is 81.4 Å². The van der Waals surface area contributed by atoms with Crippen LogP contribution >= 0.6 is 11.8 Å². The lowest BCUT2D eigenvalue weighted by molar-refractivity contribution is -0.148. The van der Waals surface area contributed by atoms with Crippen molar-refractivity contribution in [2.24, 2.45) is 5.92 Å². The molecule has 0 radical (unpaired) electrons. The molecule has 0 aliphatic carbocycles. The topological polar surface area (TPSA) is 125 Å². The Labute approximate surface area is 302 Å². The maximum Gasteiger partial charge on any atom is 0.408 e. The molecular weight excluding hydrogens is 653 g/mol. The summed E-state index contributed by atoms with van der Waals surface area (Å²) in [4.78, 5) is 71.8. The fourth-order valence-electron chi connectivity index (χ4n) is 6.06. The number of nitrogens with one attached hydrogen (secondary N) is 2. The van der Waals surface area contributed by atoms with Gasteiger partial charge in [-0.05, 0) is 64.0 Å². The molecule has 1 heterocycles. The molecule has 0 spiro atoms. The van der Waals surface area contributed by atoms with Crippen LogP contribution in [0.2, 0.25) is 0 Å². The summed E-state index contributed by atoms with van der Waals surface area (Å²) in [6.07, 6.45) is 1.47. The lowest BCUT2D eigenvalue weighted by Gasteiger charge is -2.36. The summed E-state index contributed by atoms with van der Waals surface area (Å²) in [7, 11) is 1.59. The predicted octanol–water partition coefficient (Wildman–Crippen LogP) is 5.77. The van der Waals surface area contributed by atoms with Crippen molar-refractivity contribution in [1.29, 1.82) is 0 Å². The zero-order chi connectivity index (χ0) is 37.1. The number of rotatable bonds is 16. The first-order chi connectivity index (χ1) is 23.5. The van der Waals surface area contributed by atoms with Crippen LogP contribution < -0.4 is 10.6 Å². The van der Waals surface area contributed by atoms with Crippen LogP contribution in [-0.4, -0.2) is 88.0 Å². The number of alkyl carbamates (subject to hydrolysis) is 1.